The highest BCUT2D eigenvalue weighted by Crippen LogP contribution is 2.25. The molecule has 0 radical (unpaired) electrons. The van der Waals surface area contributed by atoms with E-state index < -0.39 is 0 Å². The number of unbranched alkanes of at least 4 members (excludes halogenated alkanes) is 6. The van der Waals surface area contributed by atoms with Crippen molar-refractivity contribution in [2.24, 2.45) is 5.41 Å². The summed E-state index contributed by atoms with van der Waals surface area (Å²) in [6.07, 6.45) is 14.9. The second-order valence-corrected chi connectivity index (χ2v) is 11.0. The largest absolute Gasteiger partial charge is 0.462 e. The Morgan fingerprint density at radius 2 is 1.33 bits per heavy atom. The lowest BCUT2D eigenvalue weighted by Crippen LogP contribution is -2.23. The van der Waals surface area contributed by atoms with E-state index in [9.17, 15) is 4.79 Å². The van der Waals surface area contributed by atoms with Crippen LogP contribution in [-0.4, -0.2) is 12.1 Å². The van der Waals surface area contributed by atoms with Crippen LogP contribution in [0.1, 0.15) is 121 Å². The highest BCUT2D eigenvalue weighted by molar-refractivity contribution is 5.40. The van der Waals surface area contributed by atoms with Gasteiger partial charge >= 0.3 is 0 Å². The lowest BCUT2D eigenvalue weighted by atomic mass is 9.88. The molecule has 0 aliphatic rings. The number of ether oxygens (including phenoxy) is 1. The van der Waals surface area contributed by atoms with Crippen molar-refractivity contribution in [1.82, 2.24) is 0 Å². The van der Waals surface area contributed by atoms with Crippen LogP contribution in [0.4, 0.5) is 0 Å². The highest BCUT2D eigenvalue weighted by Gasteiger charge is 2.17. The van der Waals surface area contributed by atoms with Gasteiger partial charge in [0.2, 0.25) is 0 Å². The lowest BCUT2D eigenvalue weighted by molar-refractivity contribution is -0.140. The maximum atomic E-state index is 10.5. The van der Waals surface area contributed by atoms with Crippen LogP contribution in [0.15, 0.2) is 12.1 Å². The smallest absolute Gasteiger partial charge is 0.293 e. The number of hydrogen-bond donors (Lipinski definition) is 0. The summed E-state index contributed by atoms with van der Waals surface area (Å²) >= 11 is 0. The molecule has 1 rings (SSSR count). The van der Waals surface area contributed by atoms with Gasteiger partial charge in [0.05, 0.1) is 0 Å². The second kappa shape index (κ2) is 13.2. The maximum absolute atomic E-state index is 10.5. The zero-order valence-corrected chi connectivity index (χ0v) is 21.0. The third-order valence-electron chi connectivity index (χ3n) is 6.39. The molecule has 0 atom stereocenters. The van der Waals surface area contributed by atoms with E-state index in [1.165, 1.54) is 75.3 Å². The van der Waals surface area contributed by atoms with Crippen LogP contribution in [-0.2, 0) is 22.4 Å². The van der Waals surface area contributed by atoms with Crippen LogP contribution in [0.2, 0.25) is 0 Å². The van der Waals surface area contributed by atoms with E-state index in [-0.39, 0.29) is 5.60 Å². The van der Waals surface area contributed by atoms with Gasteiger partial charge in [-0.3, -0.25) is 4.79 Å². The summed E-state index contributed by atoms with van der Waals surface area (Å²) in [6, 6.07) is 4.69. The van der Waals surface area contributed by atoms with Crippen LogP contribution in [0.25, 0.3) is 0 Å². The van der Waals surface area contributed by atoms with Gasteiger partial charge < -0.3 is 4.74 Å². The Morgan fingerprint density at radius 3 is 1.93 bits per heavy atom. The van der Waals surface area contributed by atoms with Crippen molar-refractivity contribution < 1.29 is 9.53 Å². The predicted molar refractivity (Wildman–Crippen MR) is 130 cm³/mol. The Morgan fingerprint density at radius 1 is 0.767 bits per heavy atom. The fraction of sp³-hybridized carbons (Fsp3) is 0.750. The van der Waals surface area contributed by atoms with Gasteiger partial charge in [-0.1, -0.05) is 65.0 Å². The van der Waals surface area contributed by atoms with Gasteiger partial charge in [0.15, 0.2) is 0 Å². The molecule has 2 heteroatoms. The first-order valence-electron chi connectivity index (χ1n) is 12.3. The molecule has 172 valence electrons. The van der Waals surface area contributed by atoms with Crippen LogP contribution in [0.5, 0.6) is 0 Å². The van der Waals surface area contributed by atoms with Gasteiger partial charge in [0.1, 0.15) is 5.60 Å². The van der Waals surface area contributed by atoms with E-state index in [1.54, 1.807) is 11.1 Å². The molecule has 0 aliphatic carbocycles. The SMILES string of the molecule is Cc1ccc(CCCCCCC(C)(C)C)c(C)c1CCCCCCC(C)(C)OC=O. The predicted octanol–water partition coefficient (Wildman–Crippen LogP) is 8.29. The molecule has 1 aromatic carbocycles. The van der Waals surface area contributed by atoms with Crippen molar-refractivity contribution in [3.05, 3.63) is 34.4 Å². The third-order valence-corrected chi connectivity index (χ3v) is 6.39. The molecule has 0 fully saturated rings. The van der Waals surface area contributed by atoms with Crippen LogP contribution in [0.3, 0.4) is 0 Å². The van der Waals surface area contributed by atoms with E-state index in [4.69, 9.17) is 4.74 Å². The molecule has 2 nitrogen and oxygen atoms in total. The summed E-state index contributed by atoms with van der Waals surface area (Å²) in [4.78, 5) is 10.5. The molecule has 0 bridgehead atoms. The van der Waals surface area contributed by atoms with Crippen LogP contribution in [0, 0.1) is 19.3 Å². The second-order valence-electron chi connectivity index (χ2n) is 11.0. The van der Waals surface area contributed by atoms with Crippen molar-refractivity contribution in [2.75, 3.05) is 0 Å². The lowest BCUT2D eigenvalue weighted by Gasteiger charge is -2.22. The summed E-state index contributed by atoms with van der Waals surface area (Å²) in [6.45, 7) is 16.2. The molecule has 0 heterocycles. The van der Waals surface area contributed by atoms with Gasteiger partial charge in [0, 0.05) is 0 Å². The average molecular weight is 417 g/mol. The number of aryl methyl sites for hydroxylation is 2. The first kappa shape index (κ1) is 26.7. The van der Waals surface area contributed by atoms with E-state index in [0.29, 0.717) is 11.9 Å². The summed E-state index contributed by atoms with van der Waals surface area (Å²) in [5.74, 6) is 0. The quantitative estimate of drug-likeness (QED) is 0.212. The van der Waals surface area contributed by atoms with Crippen molar-refractivity contribution in [1.29, 1.82) is 0 Å². The number of hydrogen-bond acceptors (Lipinski definition) is 2. The topological polar surface area (TPSA) is 26.3 Å². The van der Waals surface area contributed by atoms with Crippen molar-refractivity contribution >= 4 is 6.47 Å². The zero-order chi connectivity index (χ0) is 22.6. The van der Waals surface area contributed by atoms with E-state index >= 15 is 0 Å². The Kier molecular flexibility index (Phi) is 11.7. The molecule has 0 unspecified atom stereocenters. The highest BCUT2D eigenvalue weighted by atomic mass is 16.5. The Bertz CT molecular complexity index is 622. The third kappa shape index (κ3) is 11.2. The summed E-state index contributed by atoms with van der Waals surface area (Å²) in [5.41, 5.74) is 6.26. The number of rotatable bonds is 15. The van der Waals surface area contributed by atoms with Gasteiger partial charge in [-0.15, -0.1) is 0 Å². The maximum Gasteiger partial charge on any atom is 0.293 e. The van der Waals surface area contributed by atoms with Gasteiger partial charge in [-0.25, -0.2) is 0 Å². The Labute approximate surface area is 187 Å². The normalized spacial score (nSPS) is 12.2. The molecular weight excluding hydrogens is 368 g/mol. The van der Waals surface area contributed by atoms with Gasteiger partial charge in [-0.2, -0.15) is 0 Å². The fourth-order valence-corrected chi connectivity index (χ4v) is 4.32. The minimum Gasteiger partial charge on any atom is -0.462 e. The minimum atomic E-state index is -0.323. The standard InChI is InChI=1S/C28H48O2/c1-23-18-19-25(16-12-8-10-14-20-27(3,4)5)24(2)26(23)17-13-9-11-15-21-28(6,7)30-22-29/h18-19,22H,8-17,20-21H2,1-7H3. The summed E-state index contributed by atoms with van der Waals surface area (Å²) in [7, 11) is 0. The van der Waals surface area contributed by atoms with Crippen LogP contribution < -0.4 is 0 Å². The molecule has 1 aromatic rings. The van der Waals surface area contributed by atoms with E-state index in [2.05, 4.69) is 46.8 Å². The first-order valence-corrected chi connectivity index (χ1v) is 12.3. The number of carbonyl (C=O) groups is 1. The Hall–Kier alpha value is -1.31. The molecule has 0 amide bonds. The molecular formula is C28H48O2. The molecule has 0 saturated heterocycles. The minimum absolute atomic E-state index is 0.323. The number of benzene rings is 1. The summed E-state index contributed by atoms with van der Waals surface area (Å²) in [5, 5.41) is 0. The first-order chi connectivity index (χ1) is 14.1. The monoisotopic (exact) mass is 416 g/mol. The van der Waals surface area contributed by atoms with Crippen molar-refractivity contribution in [3.63, 3.8) is 0 Å². The zero-order valence-electron chi connectivity index (χ0n) is 21.0. The molecule has 30 heavy (non-hydrogen) atoms. The van der Waals surface area contributed by atoms with Crippen LogP contribution >= 0.6 is 0 Å². The molecule has 0 saturated carbocycles. The van der Waals surface area contributed by atoms with Crippen molar-refractivity contribution in [2.45, 2.75) is 131 Å². The average Bonchev–Trinajstić information content (AvgIpc) is 2.63. The summed E-state index contributed by atoms with van der Waals surface area (Å²) < 4.78 is 5.14. The molecule has 0 aliphatic heterocycles. The molecule has 0 N–H and O–H groups in total. The molecule has 0 aromatic heterocycles. The van der Waals surface area contributed by atoms with E-state index in [1.807, 2.05) is 13.8 Å². The van der Waals surface area contributed by atoms with E-state index in [0.717, 1.165) is 12.8 Å². The van der Waals surface area contributed by atoms with Gasteiger partial charge in [0.25, 0.3) is 6.47 Å². The fourth-order valence-electron chi connectivity index (χ4n) is 4.32. The molecule has 0 spiro atoms. The van der Waals surface area contributed by atoms with Crippen molar-refractivity contribution in [3.8, 4) is 0 Å². The van der Waals surface area contributed by atoms with Gasteiger partial charge in [-0.05, 0) is 100 Å². The number of carbonyl (C=O) groups excluding carboxylic acids is 1. The Balaban J connectivity index is 2.37.